The molecule has 1 aliphatic carbocycles. The molecule has 2 aromatic carbocycles. The molecule has 1 aliphatic rings. The fraction of sp³-hybridized carbons (Fsp3) is 0.400. The number of fused-ring (bicyclic) bond motifs is 1. The van der Waals surface area contributed by atoms with E-state index < -0.39 is 10.0 Å². The molecule has 134 valence electrons. The van der Waals surface area contributed by atoms with Crippen LogP contribution in [-0.2, 0) is 28.6 Å². The zero-order chi connectivity index (χ0) is 17.9. The van der Waals surface area contributed by atoms with Gasteiger partial charge in [0.25, 0.3) is 0 Å². The lowest BCUT2D eigenvalue weighted by Crippen LogP contribution is -2.29. The van der Waals surface area contributed by atoms with Crippen LogP contribution in [0.1, 0.15) is 54.5 Å². The van der Waals surface area contributed by atoms with Gasteiger partial charge in [0.15, 0.2) is 0 Å². The summed E-state index contributed by atoms with van der Waals surface area (Å²) in [5, 5.41) is 0. The van der Waals surface area contributed by atoms with Gasteiger partial charge in [-0.05, 0) is 66.5 Å². The van der Waals surface area contributed by atoms with Crippen LogP contribution in [0.15, 0.2) is 46.9 Å². The van der Waals surface area contributed by atoms with Crippen LogP contribution in [0.5, 0.6) is 0 Å². The van der Waals surface area contributed by atoms with Gasteiger partial charge in [0.2, 0.25) is 10.0 Å². The average molecular weight is 422 g/mol. The van der Waals surface area contributed by atoms with Gasteiger partial charge in [0.05, 0.1) is 5.75 Å². The molecule has 1 unspecified atom stereocenters. The highest BCUT2D eigenvalue weighted by Crippen LogP contribution is 2.26. The van der Waals surface area contributed by atoms with E-state index in [0.717, 1.165) is 34.9 Å². The van der Waals surface area contributed by atoms with Crippen LogP contribution in [0.2, 0.25) is 0 Å². The molecular formula is C20H24BrNO2S. The second-order valence-electron chi connectivity index (χ2n) is 6.70. The Hall–Kier alpha value is -1.17. The summed E-state index contributed by atoms with van der Waals surface area (Å²) in [6.45, 7) is 2.02. The van der Waals surface area contributed by atoms with E-state index in [1.807, 2.05) is 31.2 Å². The van der Waals surface area contributed by atoms with Gasteiger partial charge in [-0.25, -0.2) is 13.1 Å². The van der Waals surface area contributed by atoms with E-state index in [2.05, 4.69) is 38.9 Å². The summed E-state index contributed by atoms with van der Waals surface area (Å²) in [5.74, 6) is -0.00607. The summed E-state index contributed by atoms with van der Waals surface area (Å²) in [6.07, 6.45) is 5.45. The van der Waals surface area contributed by atoms with Crippen LogP contribution in [0.4, 0.5) is 0 Å². The Labute approximate surface area is 159 Å². The molecule has 0 saturated carbocycles. The van der Waals surface area contributed by atoms with Crippen molar-refractivity contribution in [2.75, 3.05) is 0 Å². The molecule has 5 heteroatoms. The first kappa shape index (κ1) is 18.6. The van der Waals surface area contributed by atoms with Crippen molar-refractivity contribution in [2.45, 2.75) is 50.8 Å². The molecule has 25 heavy (non-hydrogen) atoms. The number of benzene rings is 2. The highest BCUT2D eigenvalue weighted by Gasteiger charge is 2.20. The van der Waals surface area contributed by atoms with Crippen molar-refractivity contribution in [1.82, 2.24) is 4.72 Å². The predicted molar refractivity (Wildman–Crippen MR) is 106 cm³/mol. The van der Waals surface area contributed by atoms with Crippen molar-refractivity contribution < 1.29 is 8.42 Å². The van der Waals surface area contributed by atoms with Gasteiger partial charge in [-0.15, -0.1) is 0 Å². The summed E-state index contributed by atoms with van der Waals surface area (Å²) in [5.41, 5.74) is 4.65. The predicted octanol–water partition coefficient (Wildman–Crippen LogP) is 4.90. The summed E-state index contributed by atoms with van der Waals surface area (Å²) < 4.78 is 29.0. The quantitative estimate of drug-likeness (QED) is 0.720. The van der Waals surface area contributed by atoms with Gasteiger partial charge in [-0.1, -0.05) is 53.2 Å². The van der Waals surface area contributed by atoms with Gasteiger partial charge in [-0.3, -0.25) is 0 Å². The van der Waals surface area contributed by atoms with E-state index in [1.54, 1.807) is 0 Å². The summed E-state index contributed by atoms with van der Waals surface area (Å²) in [6, 6.07) is 13.7. The second kappa shape index (κ2) is 8.02. The van der Waals surface area contributed by atoms with Crippen LogP contribution in [0, 0.1) is 0 Å². The van der Waals surface area contributed by atoms with Crippen molar-refractivity contribution in [2.24, 2.45) is 0 Å². The highest BCUT2D eigenvalue weighted by atomic mass is 79.9. The van der Waals surface area contributed by atoms with Gasteiger partial charge >= 0.3 is 0 Å². The number of nitrogens with one attached hydrogen (secondary N) is 1. The number of halogens is 1. The summed E-state index contributed by atoms with van der Waals surface area (Å²) in [7, 11) is -3.40. The Morgan fingerprint density at radius 3 is 2.56 bits per heavy atom. The number of aryl methyl sites for hydroxylation is 2. The van der Waals surface area contributed by atoms with Crippen LogP contribution >= 0.6 is 15.9 Å². The molecule has 3 nitrogen and oxygen atoms in total. The maximum Gasteiger partial charge on any atom is 0.216 e. The van der Waals surface area contributed by atoms with E-state index in [0.29, 0.717) is 0 Å². The molecule has 0 fully saturated rings. The normalized spacial score (nSPS) is 15.6. The van der Waals surface area contributed by atoms with Crippen LogP contribution < -0.4 is 4.72 Å². The first-order valence-corrected chi connectivity index (χ1v) is 11.3. The topological polar surface area (TPSA) is 46.2 Å². The van der Waals surface area contributed by atoms with Gasteiger partial charge in [0, 0.05) is 10.5 Å². The van der Waals surface area contributed by atoms with E-state index in [1.165, 1.54) is 24.0 Å². The molecule has 0 radical (unpaired) electrons. The van der Waals surface area contributed by atoms with E-state index in [-0.39, 0.29) is 11.8 Å². The molecule has 0 aromatic heterocycles. The molecule has 3 rings (SSSR count). The third kappa shape index (κ3) is 4.93. The summed E-state index contributed by atoms with van der Waals surface area (Å²) >= 11 is 3.39. The number of sulfonamides is 1. The van der Waals surface area contributed by atoms with Gasteiger partial charge < -0.3 is 0 Å². The second-order valence-corrected chi connectivity index (χ2v) is 9.37. The smallest absolute Gasteiger partial charge is 0.212 e. The monoisotopic (exact) mass is 421 g/mol. The zero-order valence-electron chi connectivity index (χ0n) is 14.5. The molecule has 0 amide bonds. The molecule has 0 bridgehead atoms. The number of hydrogen-bond acceptors (Lipinski definition) is 2. The van der Waals surface area contributed by atoms with Gasteiger partial charge in [0.1, 0.15) is 0 Å². The lowest BCUT2D eigenvalue weighted by molar-refractivity contribution is 0.548. The Kier molecular flexibility index (Phi) is 5.97. The highest BCUT2D eigenvalue weighted by molar-refractivity contribution is 9.10. The fourth-order valence-corrected chi connectivity index (χ4v) is 5.35. The maximum absolute atomic E-state index is 12.6. The Morgan fingerprint density at radius 1 is 1.08 bits per heavy atom. The largest absolute Gasteiger partial charge is 0.216 e. The Bertz CT molecular complexity index is 849. The van der Waals surface area contributed by atoms with Crippen LogP contribution in [0.25, 0.3) is 0 Å². The third-order valence-corrected chi connectivity index (χ3v) is 6.60. The molecule has 0 aliphatic heterocycles. The lowest BCUT2D eigenvalue weighted by atomic mass is 9.89. The standard InChI is InChI=1S/C20H24BrNO2S/c1-2-20(18-11-10-16-7-3-4-8-17(16)13-18)22-25(23,24)14-15-6-5-9-19(21)12-15/h5-6,9-13,20,22H,2-4,7-8,14H2,1H3. The maximum atomic E-state index is 12.6. The van der Waals surface area contributed by atoms with E-state index in [9.17, 15) is 8.42 Å². The van der Waals surface area contributed by atoms with Crippen LogP contribution in [-0.4, -0.2) is 8.42 Å². The molecular weight excluding hydrogens is 398 g/mol. The molecule has 0 spiro atoms. The van der Waals surface area contributed by atoms with Crippen molar-refractivity contribution >= 4 is 26.0 Å². The van der Waals surface area contributed by atoms with Crippen molar-refractivity contribution in [3.05, 3.63) is 69.2 Å². The average Bonchev–Trinajstić information content (AvgIpc) is 2.59. The van der Waals surface area contributed by atoms with Crippen LogP contribution in [0.3, 0.4) is 0 Å². The Morgan fingerprint density at radius 2 is 1.84 bits per heavy atom. The van der Waals surface area contributed by atoms with Gasteiger partial charge in [-0.2, -0.15) is 0 Å². The Balaban J connectivity index is 1.77. The van der Waals surface area contributed by atoms with Crippen molar-refractivity contribution in [3.8, 4) is 0 Å². The fourth-order valence-electron chi connectivity index (χ4n) is 3.46. The molecule has 0 heterocycles. The van der Waals surface area contributed by atoms with Crippen molar-refractivity contribution in [3.63, 3.8) is 0 Å². The third-order valence-electron chi connectivity index (χ3n) is 4.75. The SMILES string of the molecule is CCC(NS(=O)(=O)Cc1cccc(Br)c1)c1ccc2c(c1)CCCC2. The molecule has 2 aromatic rings. The molecule has 1 atom stereocenters. The zero-order valence-corrected chi connectivity index (χ0v) is 16.9. The minimum atomic E-state index is -3.40. The number of hydrogen-bond donors (Lipinski definition) is 1. The number of rotatable bonds is 6. The van der Waals surface area contributed by atoms with E-state index in [4.69, 9.17) is 0 Å². The van der Waals surface area contributed by atoms with E-state index >= 15 is 0 Å². The van der Waals surface area contributed by atoms with Crippen molar-refractivity contribution in [1.29, 1.82) is 0 Å². The summed E-state index contributed by atoms with van der Waals surface area (Å²) in [4.78, 5) is 0. The molecule has 0 saturated heterocycles. The minimum Gasteiger partial charge on any atom is -0.212 e. The first-order valence-electron chi connectivity index (χ1n) is 8.83. The molecule has 1 N–H and O–H groups in total. The minimum absolute atomic E-state index is 0.00607. The first-order chi connectivity index (χ1) is 12.0. The lowest BCUT2D eigenvalue weighted by Gasteiger charge is -2.21.